The highest BCUT2D eigenvalue weighted by Crippen LogP contribution is 2.35. The van der Waals surface area contributed by atoms with Gasteiger partial charge in [-0.1, -0.05) is 26.0 Å². The van der Waals surface area contributed by atoms with Gasteiger partial charge in [-0.2, -0.15) is 4.98 Å². The van der Waals surface area contributed by atoms with Crippen molar-refractivity contribution in [3.63, 3.8) is 0 Å². The van der Waals surface area contributed by atoms with E-state index in [4.69, 9.17) is 24.2 Å². The summed E-state index contributed by atoms with van der Waals surface area (Å²) in [5.74, 6) is 1.22. The first-order chi connectivity index (χ1) is 16.5. The average Bonchev–Trinajstić information content (AvgIpc) is 3.42. The fourth-order valence-corrected chi connectivity index (χ4v) is 3.41. The number of benzene rings is 1. The van der Waals surface area contributed by atoms with E-state index in [0.29, 0.717) is 24.1 Å². The molecule has 0 unspecified atom stereocenters. The van der Waals surface area contributed by atoms with E-state index >= 15 is 0 Å². The molecule has 0 aliphatic carbocycles. The van der Waals surface area contributed by atoms with Gasteiger partial charge in [0, 0.05) is 29.7 Å². The molecule has 34 heavy (non-hydrogen) atoms. The zero-order valence-electron chi connectivity index (χ0n) is 19.4. The number of hydrogen-bond donors (Lipinski definition) is 0. The van der Waals surface area contributed by atoms with Crippen molar-refractivity contribution in [2.75, 3.05) is 14.2 Å². The lowest BCUT2D eigenvalue weighted by Crippen LogP contribution is -2.10. The molecule has 9 nitrogen and oxygen atoms in total. The minimum atomic E-state index is -0.499. The molecule has 0 fully saturated rings. The van der Waals surface area contributed by atoms with E-state index in [9.17, 15) is 4.79 Å². The van der Waals surface area contributed by atoms with Gasteiger partial charge in [0.1, 0.15) is 24.4 Å². The summed E-state index contributed by atoms with van der Waals surface area (Å²) in [4.78, 5) is 29.7. The van der Waals surface area contributed by atoms with Gasteiger partial charge in [0.2, 0.25) is 11.8 Å². The van der Waals surface area contributed by atoms with E-state index < -0.39 is 5.97 Å². The van der Waals surface area contributed by atoms with E-state index in [1.165, 1.54) is 7.11 Å². The van der Waals surface area contributed by atoms with Gasteiger partial charge in [-0.15, -0.1) is 0 Å². The second-order valence-corrected chi connectivity index (χ2v) is 7.78. The number of ether oxygens (including phenoxy) is 3. The number of imidazole rings is 1. The molecule has 4 aromatic rings. The summed E-state index contributed by atoms with van der Waals surface area (Å²) in [5.41, 5.74) is 3.43. The van der Waals surface area contributed by atoms with Crippen LogP contribution in [0.2, 0.25) is 0 Å². The zero-order chi connectivity index (χ0) is 24.1. The summed E-state index contributed by atoms with van der Waals surface area (Å²) in [5, 5.41) is 0. The third-order valence-corrected chi connectivity index (χ3v) is 5.18. The van der Waals surface area contributed by atoms with Crippen LogP contribution in [0.1, 0.15) is 41.4 Å². The maximum atomic E-state index is 11.8. The molecule has 4 rings (SSSR count). The van der Waals surface area contributed by atoms with E-state index in [-0.39, 0.29) is 11.6 Å². The molecule has 0 bridgehead atoms. The van der Waals surface area contributed by atoms with Crippen molar-refractivity contribution < 1.29 is 19.0 Å². The molecule has 0 saturated carbocycles. The first kappa shape index (κ1) is 22.9. The predicted octanol–water partition coefficient (Wildman–Crippen LogP) is 4.22. The van der Waals surface area contributed by atoms with Gasteiger partial charge in [0.15, 0.2) is 0 Å². The van der Waals surface area contributed by atoms with Gasteiger partial charge >= 0.3 is 5.97 Å². The molecule has 0 N–H and O–H groups in total. The lowest BCUT2D eigenvalue weighted by atomic mass is 9.98. The van der Waals surface area contributed by atoms with Crippen LogP contribution in [0.3, 0.4) is 0 Å². The predicted molar refractivity (Wildman–Crippen MR) is 125 cm³/mol. The van der Waals surface area contributed by atoms with Crippen LogP contribution in [0.4, 0.5) is 0 Å². The molecular formula is C25H25N5O4. The molecule has 0 radical (unpaired) electrons. The van der Waals surface area contributed by atoms with Gasteiger partial charge in [-0.05, 0) is 35.7 Å². The molecule has 174 valence electrons. The number of rotatable bonds is 8. The monoisotopic (exact) mass is 459 g/mol. The van der Waals surface area contributed by atoms with E-state index in [1.807, 2.05) is 24.3 Å². The van der Waals surface area contributed by atoms with Crippen molar-refractivity contribution in [2.45, 2.75) is 26.4 Å². The average molecular weight is 460 g/mol. The maximum Gasteiger partial charge on any atom is 0.356 e. The number of pyridine rings is 1. The minimum absolute atomic E-state index is 0.0537. The maximum absolute atomic E-state index is 11.8. The summed E-state index contributed by atoms with van der Waals surface area (Å²) in [6.07, 6.45) is 6.65. The molecule has 3 aromatic heterocycles. The van der Waals surface area contributed by atoms with Crippen molar-refractivity contribution >= 4 is 5.97 Å². The Morgan fingerprint density at radius 1 is 1.06 bits per heavy atom. The van der Waals surface area contributed by atoms with Crippen molar-refractivity contribution in [1.82, 2.24) is 24.5 Å². The van der Waals surface area contributed by atoms with Crippen LogP contribution in [-0.4, -0.2) is 44.7 Å². The van der Waals surface area contributed by atoms with Gasteiger partial charge in [0.05, 0.1) is 19.9 Å². The fourth-order valence-electron chi connectivity index (χ4n) is 3.41. The Balaban J connectivity index is 1.77. The minimum Gasteiger partial charge on any atom is -0.497 e. The van der Waals surface area contributed by atoms with Crippen molar-refractivity contribution in [3.05, 3.63) is 78.1 Å². The Labute approximate surface area is 197 Å². The molecule has 1 aromatic carbocycles. The van der Waals surface area contributed by atoms with E-state index in [0.717, 1.165) is 22.4 Å². The lowest BCUT2D eigenvalue weighted by Gasteiger charge is -2.18. The third kappa shape index (κ3) is 4.88. The SMILES string of the molecule is COC(=O)c1ccc(-c2nc(-n3ccnc3)nc(OCc3ccc(OC)cc3)c2C(C)C)cn1. The van der Waals surface area contributed by atoms with Crippen LogP contribution in [-0.2, 0) is 11.3 Å². The van der Waals surface area contributed by atoms with E-state index in [2.05, 4.69) is 23.8 Å². The number of nitrogens with zero attached hydrogens (tertiary/aromatic N) is 5. The smallest absolute Gasteiger partial charge is 0.356 e. The second-order valence-electron chi connectivity index (χ2n) is 7.78. The normalized spacial score (nSPS) is 10.9. The Kier molecular flexibility index (Phi) is 6.82. The van der Waals surface area contributed by atoms with Crippen molar-refractivity contribution in [2.24, 2.45) is 0 Å². The summed E-state index contributed by atoms with van der Waals surface area (Å²) in [7, 11) is 2.95. The van der Waals surface area contributed by atoms with Crippen molar-refractivity contribution in [1.29, 1.82) is 0 Å². The molecule has 9 heteroatoms. The van der Waals surface area contributed by atoms with Gasteiger partial charge in [-0.25, -0.2) is 19.7 Å². The van der Waals surface area contributed by atoms with Crippen molar-refractivity contribution in [3.8, 4) is 28.8 Å². The van der Waals surface area contributed by atoms with Crippen LogP contribution in [0.5, 0.6) is 11.6 Å². The Morgan fingerprint density at radius 3 is 2.44 bits per heavy atom. The topological polar surface area (TPSA) is 101 Å². The number of esters is 1. The molecule has 0 amide bonds. The van der Waals surface area contributed by atoms with Crippen LogP contribution in [0.15, 0.2) is 61.3 Å². The van der Waals surface area contributed by atoms with Crippen LogP contribution >= 0.6 is 0 Å². The summed E-state index contributed by atoms with van der Waals surface area (Å²) in [6, 6.07) is 11.1. The van der Waals surface area contributed by atoms with Crippen LogP contribution < -0.4 is 9.47 Å². The largest absolute Gasteiger partial charge is 0.497 e. The Bertz CT molecular complexity index is 1250. The van der Waals surface area contributed by atoms with Crippen LogP contribution in [0, 0.1) is 0 Å². The number of hydrogen-bond acceptors (Lipinski definition) is 8. The first-order valence-corrected chi connectivity index (χ1v) is 10.7. The molecule has 0 spiro atoms. The zero-order valence-corrected chi connectivity index (χ0v) is 19.4. The molecule has 0 atom stereocenters. The van der Waals surface area contributed by atoms with Gasteiger partial charge in [-0.3, -0.25) is 4.57 Å². The van der Waals surface area contributed by atoms with Gasteiger partial charge in [0.25, 0.3) is 0 Å². The van der Waals surface area contributed by atoms with Gasteiger partial charge < -0.3 is 14.2 Å². The Morgan fingerprint density at radius 2 is 1.85 bits per heavy atom. The number of carbonyl (C=O) groups is 1. The molecule has 0 aliphatic rings. The summed E-state index contributed by atoms with van der Waals surface area (Å²) in [6.45, 7) is 4.42. The summed E-state index contributed by atoms with van der Waals surface area (Å²) < 4.78 is 17.9. The highest BCUT2D eigenvalue weighted by Gasteiger charge is 2.21. The molecular weight excluding hydrogens is 434 g/mol. The van der Waals surface area contributed by atoms with Crippen LogP contribution in [0.25, 0.3) is 17.2 Å². The quantitative estimate of drug-likeness (QED) is 0.361. The standard InChI is InChI=1S/C25H25N5O4/c1-16(2)21-22(18-7-10-20(27-13-18)24(31)33-4)28-25(30-12-11-26-15-30)29-23(21)34-14-17-5-8-19(32-3)9-6-17/h5-13,15-16H,14H2,1-4H3. The van der Waals surface area contributed by atoms with E-state index in [1.54, 1.807) is 48.7 Å². The lowest BCUT2D eigenvalue weighted by molar-refractivity contribution is 0.0594. The fraction of sp³-hybridized carbons (Fsp3) is 0.240. The molecule has 0 aliphatic heterocycles. The second kappa shape index (κ2) is 10.1. The summed E-state index contributed by atoms with van der Waals surface area (Å²) >= 11 is 0. The number of methoxy groups -OCH3 is 2. The number of aromatic nitrogens is 5. The first-order valence-electron chi connectivity index (χ1n) is 10.7. The highest BCUT2D eigenvalue weighted by molar-refractivity contribution is 5.87. The Hall–Kier alpha value is -4.27. The molecule has 0 saturated heterocycles. The number of carbonyl (C=O) groups excluding carboxylic acids is 1. The highest BCUT2D eigenvalue weighted by atomic mass is 16.5. The molecule has 3 heterocycles. The third-order valence-electron chi connectivity index (χ3n) is 5.18.